The number of ether oxygens (including phenoxy) is 2. The molecule has 0 fully saturated rings. The summed E-state index contributed by atoms with van der Waals surface area (Å²) in [5.74, 6) is -0.897. The van der Waals surface area contributed by atoms with Crippen LogP contribution in [0.25, 0.3) is 0 Å². The van der Waals surface area contributed by atoms with Gasteiger partial charge in [-0.2, -0.15) is 0 Å². The first-order valence-corrected chi connectivity index (χ1v) is 8.18. The van der Waals surface area contributed by atoms with Gasteiger partial charge in [0.1, 0.15) is 11.4 Å². The molecule has 0 aliphatic carbocycles. The number of hydrogen-bond acceptors (Lipinski definition) is 4. The Balaban J connectivity index is 2.02. The summed E-state index contributed by atoms with van der Waals surface area (Å²) in [6.07, 6.45) is -5.45. The van der Waals surface area contributed by atoms with Gasteiger partial charge in [0.25, 0.3) is 5.91 Å². The number of amides is 2. The third-order valence-corrected chi connectivity index (χ3v) is 3.12. The van der Waals surface area contributed by atoms with E-state index in [1.807, 2.05) is 0 Å². The summed E-state index contributed by atoms with van der Waals surface area (Å²) in [6, 6.07) is 10.9. The van der Waals surface area contributed by atoms with Gasteiger partial charge in [0.2, 0.25) is 0 Å². The predicted octanol–water partition coefficient (Wildman–Crippen LogP) is 5.18. The fourth-order valence-corrected chi connectivity index (χ4v) is 2.10. The maximum absolute atomic E-state index is 12.3. The standard InChI is InChI=1S/C19H19F3N2O4/c1-18(2,3)28-17(26)24-14-6-4-5-12(11-14)16(25)23-13-7-9-15(10-8-13)27-19(20,21)22/h4-11H,1-3H3,(H,23,25)(H,24,26). The summed E-state index contributed by atoms with van der Waals surface area (Å²) in [5.41, 5.74) is 0.214. The summed E-state index contributed by atoms with van der Waals surface area (Å²) in [6.45, 7) is 5.17. The fraction of sp³-hybridized carbons (Fsp3) is 0.263. The second-order valence-corrected chi connectivity index (χ2v) is 6.73. The lowest BCUT2D eigenvalue weighted by atomic mass is 10.2. The minimum absolute atomic E-state index is 0.240. The van der Waals surface area contributed by atoms with Crippen molar-refractivity contribution in [2.24, 2.45) is 0 Å². The van der Waals surface area contributed by atoms with E-state index >= 15 is 0 Å². The zero-order chi connectivity index (χ0) is 20.9. The molecule has 2 N–H and O–H groups in total. The topological polar surface area (TPSA) is 76.7 Å². The van der Waals surface area contributed by atoms with Gasteiger partial charge in [0.15, 0.2) is 0 Å². The third kappa shape index (κ3) is 7.18. The molecule has 2 rings (SSSR count). The largest absolute Gasteiger partial charge is 0.573 e. The molecule has 0 aliphatic heterocycles. The molecule has 0 bridgehead atoms. The van der Waals surface area contributed by atoms with Crippen molar-refractivity contribution < 1.29 is 32.2 Å². The molecule has 28 heavy (non-hydrogen) atoms. The highest BCUT2D eigenvalue weighted by Gasteiger charge is 2.31. The highest BCUT2D eigenvalue weighted by molar-refractivity contribution is 6.05. The zero-order valence-electron chi connectivity index (χ0n) is 15.4. The number of carbonyl (C=O) groups excluding carboxylic acids is 2. The van der Waals surface area contributed by atoms with Crippen molar-refractivity contribution >= 4 is 23.4 Å². The van der Waals surface area contributed by atoms with E-state index < -0.39 is 29.7 Å². The molecular formula is C19H19F3N2O4. The summed E-state index contributed by atoms with van der Waals surface area (Å²) in [4.78, 5) is 24.1. The molecule has 9 heteroatoms. The predicted molar refractivity (Wildman–Crippen MR) is 97.4 cm³/mol. The van der Waals surface area contributed by atoms with Crippen molar-refractivity contribution in [2.45, 2.75) is 32.7 Å². The summed E-state index contributed by atoms with van der Waals surface area (Å²) < 4.78 is 45.4. The monoisotopic (exact) mass is 396 g/mol. The van der Waals surface area contributed by atoms with Crippen LogP contribution in [0.5, 0.6) is 5.75 Å². The van der Waals surface area contributed by atoms with E-state index in [2.05, 4.69) is 15.4 Å². The van der Waals surface area contributed by atoms with Gasteiger partial charge in [0, 0.05) is 16.9 Å². The number of anilines is 2. The summed E-state index contributed by atoms with van der Waals surface area (Å²) >= 11 is 0. The van der Waals surface area contributed by atoms with Crippen LogP contribution in [0.3, 0.4) is 0 Å². The SMILES string of the molecule is CC(C)(C)OC(=O)Nc1cccc(C(=O)Nc2ccc(OC(F)(F)F)cc2)c1. The second kappa shape index (κ2) is 8.20. The summed E-state index contributed by atoms with van der Waals surface area (Å²) in [5, 5.41) is 5.07. The number of halogens is 3. The van der Waals surface area contributed by atoms with Crippen LogP contribution < -0.4 is 15.4 Å². The molecule has 0 spiro atoms. The van der Waals surface area contributed by atoms with Crippen molar-refractivity contribution in [1.29, 1.82) is 0 Å². The maximum atomic E-state index is 12.3. The molecule has 2 aromatic rings. The van der Waals surface area contributed by atoms with E-state index in [1.54, 1.807) is 32.9 Å². The van der Waals surface area contributed by atoms with Gasteiger partial charge in [-0.1, -0.05) is 6.07 Å². The fourth-order valence-electron chi connectivity index (χ4n) is 2.10. The lowest BCUT2D eigenvalue weighted by Crippen LogP contribution is -2.27. The number of benzene rings is 2. The summed E-state index contributed by atoms with van der Waals surface area (Å²) in [7, 11) is 0. The molecule has 0 saturated carbocycles. The van der Waals surface area contributed by atoms with Crippen molar-refractivity contribution in [3.63, 3.8) is 0 Å². The molecule has 0 unspecified atom stereocenters. The average molecular weight is 396 g/mol. The molecule has 2 amide bonds. The average Bonchev–Trinajstić information content (AvgIpc) is 2.53. The molecule has 0 heterocycles. The Morgan fingerprint density at radius 1 is 0.893 bits per heavy atom. The number of nitrogens with one attached hydrogen (secondary N) is 2. The van der Waals surface area contributed by atoms with Gasteiger partial charge in [-0.15, -0.1) is 13.2 Å². The minimum Gasteiger partial charge on any atom is -0.444 e. The van der Waals surface area contributed by atoms with Gasteiger partial charge in [0.05, 0.1) is 0 Å². The molecule has 0 saturated heterocycles. The van der Waals surface area contributed by atoms with Crippen LogP contribution in [-0.4, -0.2) is 24.0 Å². The van der Waals surface area contributed by atoms with Gasteiger partial charge in [-0.05, 0) is 63.2 Å². The van der Waals surface area contributed by atoms with E-state index in [9.17, 15) is 22.8 Å². The Bertz CT molecular complexity index is 843. The van der Waals surface area contributed by atoms with Crippen LogP contribution in [0.1, 0.15) is 31.1 Å². The normalized spacial score (nSPS) is 11.5. The first-order chi connectivity index (χ1) is 12.9. The Morgan fingerprint density at radius 2 is 1.54 bits per heavy atom. The molecule has 2 aromatic carbocycles. The van der Waals surface area contributed by atoms with E-state index in [1.165, 1.54) is 24.3 Å². The van der Waals surface area contributed by atoms with Crippen molar-refractivity contribution in [3.8, 4) is 5.75 Å². The Kier molecular flexibility index (Phi) is 6.17. The van der Waals surface area contributed by atoms with Crippen LogP contribution in [0, 0.1) is 0 Å². The van der Waals surface area contributed by atoms with Gasteiger partial charge in [-0.3, -0.25) is 10.1 Å². The maximum Gasteiger partial charge on any atom is 0.573 e. The first kappa shape index (κ1) is 21.1. The van der Waals surface area contributed by atoms with E-state index in [-0.39, 0.29) is 11.3 Å². The van der Waals surface area contributed by atoms with Crippen molar-refractivity contribution in [2.75, 3.05) is 10.6 Å². The van der Waals surface area contributed by atoms with Crippen molar-refractivity contribution in [3.05, 3.63) is 54.1 Å². The van der Waals surface area contributed by atoms with E-state index in [4.69, 9.17) is 4.74 Å². The Morgan fingerprint density at radius 3 is 2.11 bits per heavy atom. The van der Waals surface area contributed by atoms with E-state index in [0.717, 1.165) is 12.1 Å². The lowest BCUT2D eigenvalue weighted by Gasteiger charge is -2.19. The highest BCUT2D eigenvalue weighted by atomic mass is 19.4. The zero-order valence-corrected chi connectivity index (χ0v) is 15.4. The van der Waals surface area contributed by atoms with Gasteiger partial charge in [-0.25, -0.2) is 4.79 Å². The van der Waals surface area contributed by atoms with Crippen LogP contribution in [0.15, 0.2) is 48.5 Å². The molecule has 0 aromatic heterocycles. The smallest absolute Gasteiger partial charge is 0.444 e. The third-order valence-electron chi connectivity index (χ3n) is 3.12. The van der Waals surface area contributed by atoms with Crippen LogP contribution >= 0.6 is 0 Å². The Labute approximate surface area is 159 Å². The molecular weight excluding hydrogens is 377 g/mol. The van der Waals surface area contributed by atoms with Gasteiger partial charge < -0.3 is 14.8 Å². The lowest BCUT2D eigenvalue weighted by molar-refractivity contribution is -0.274. The minimum atomic E-state index is -4.79. The molecule has 0 radical (unpaired) electrons. The van der Waals surface area contributed by atoms with Crippen LogP contribution in [0.4, 0.5) is 29.3 Å². The van der Waals surface area contributed by atoms with Crippen LogP contribution in [-0.2, 0) is 4.74 Å². The number of hydrogen-bond donors (Lipinski definition) is 2. The quantitative estimate of drug-likeness (QED) is 0.746. The molecule has 6 nitrogen and oxygen atoms in total. The molecule has 150 valence electrons. The Hall–Kier alpha value is -3.23. The number of rotatable bonds is 4. The van der Waals surface area contributed by atoms with Gasteiger partial charge >= 0.3 is 12.5 Å². The molecule has 0 aliphatic rings. The second-order valence-electron chi connectivity index (χ2n) is 6.73. The first-order valence-electron chi connectivity index (χ1n) is 8.18. The van der Waals surface area contributed by atoms with Crippen LogP contribution in [0.2, 0.25) is 0 Å². The van der Waals surface area contributed by atoms with E-state index in [0.29, 0.717) is 5.69 Å². The highest BCUT2D eigenvalue weighted by Crippen LogP contribution is 2.24. The number of carbonyl (C=O) groups is 2. The number of alkyl halides is 3. The van der Waals surface area contributed by atoms with Crippen molar-refractivity contribution in [1.82, 2.24) is 0 Å². The molecule has 0 atom stereocenters.